The van der Waals surface area contributed by atoms with Crippen molar-refractivity contribution < 1.29 is 4.74 Å². The van der Waals surface area contributed by atoms with E-state index in [1.54, 1.807) is 0 Å². The maximum Gasteiger partial charge on any atom is 0.0623 e. The summed E-state index contributed by atoms with van der Waals surface area (Å²) in [5.74, 6) is 0.592. The molecular weight excluding hydrogens is 316 g/mol. The molecule has 2 unspecified atom stereocenters. The van der Waals surface area contributed by atoms with Gasteiger partial charge in [-0.2, -0.15) is 0 Å². The average molecular weight is 341 g/mol. The first-order valence-electron chi connectivity index (χ1n) is 7.43. The van der Waals surface area contributed by atoms with E-state index in [9.17, 15) is 0 Å². The lowest BCUT2D eigenvalue weighted by molar-refractivity contribution is 0.172. The monoisotopic (exact) mass is 340 g/mol. The topological polar surface area (TPSA) is 24.5 Å². The molecule has 2 atom stereocenters. The minimum atomic E-state index is 0.511. The first-order chi connectivity index (χ1) is 9.70. The number of benzene rings is 1. The highest BCUT2D eigenvalue weighted by Crippen LogP contribution is 2.20. The second-order valence-electron chi connectivity index (χ2n) is 5.65. The third kappa shape index (κ3) is 4.55. The lowest BCUT2D eigenvalue weighted by Gasteiger charge is -2.25. The van der Waals surface area contributed by atoms with E-state index >= 15 is 0 Å². The van der Waals surface area contributed by atoms with E-state index in [1.165, 1.54) is 16.5 Å². The van der Waals surface area contributed by atoms with Crippen molar-refractivity contribution in [1.29, 1.82) is 0 Å². The zero-order chi connectivity index (χ0) is 14.4. The Bertz CT molecular complexity index is 413. The van der Waals surface area contributed by atoms with Crippen LogP contribution >= 0.6 is 15.9 Å². The molecule has 112 valence electrons. The summed E-state index contributed by atoms with van der Waals surface area (Å²) >= 11 is 3.62. The van der Waals surface area contributed by atoms with Gasteiger partial charge in [-0.1, -0.05) is 41.1 Å². The molecule has 0 spiro atoms. The van der Waals surface area contributed by atoms with Crippen LogP contribution in [0.5, 0.6) is 0 Å². The fourth-order valence-corrected chi connectivity index (χ4v) is 3.13. The Hall–Kier alpha value is -0.420. The SMILES string of the molecule is CCCNC1COCC1CN(C)Cc1ccccc1Br. The van der Waals surface area contributed by atoms with E-state index in [4.69, 9.17) is 4.74 Å². The first-order valence-corrected chi connectivity index (χ1v) is 8.23. The van der Waals surface area contributed by atoms with Gasteiger partial charge in [0.05, 0.1) is 13.2 Å². The van der Waals surface area contributed by atoms with Crippen LogP contribution in [0.1, 0.15) is 18.9 Å². The zero-order valence-corrected chi connectivity index (χ0v) is 14.0. The standard InChI is InChI=1S/C16H25BrN2O/c1-3-8-18-16-12-20-11-14(16)10-19(2)9-13-6-4-5-7-15(13)17/h4-7,14,16,18H,3,8-12H2,1-2H3. The molecule has 1 aliphatic rings. The predicted octanol–water partition coefficient (Wildman–Crippen LogP) is 2.90. The van der Waals surface area contributed by atoms with Crippen LogP contribution in [0.25, 0.3) is 0 Å². The summed E-state index contributed by atoms with van der Waals surface area (Å²) in [6.07, 6.45) is 1.18. The number of hydrogen-bond donors (Lipinski definition) is 1. The third-order valence-corrected chi connectivity index (χ3v) is 4.57. The number of nitrogens with one attached hydrogen (secondary N) is 1. The lowest BCUT2D eigenvalue weighted by atomic mass is 10.0. The predicted molar refractivity (Wildman–Crippen MR) is 86.9 cm³/mol. The molecule has 3 nitrogen and oxygen atoms in total. The highest BCUT2D eigenvalue weighted by Gasteiger charge is 2.28. The van der Waals surface area contributed by atoms with Gasteiger partial charge in [-0.3, -0.25) is 0 Å². The molecule has 2 rings (SSSR count). The molecule has 0 aliphatic carbocycles. The number of nitrogens with zero attached hydrogens (tertiary/aromatic N) is 1. The van der Waals surface area contributed by atoms with E-state index < -0.39 is 0 Å². The van der Waals surface area contributed by atoms with Crippen LogP contribution in [0, 0.1) is 5.92 Å². The molecule has 1 aromatic rings. The van der Waals surface area contributed by atoms with Crippen LogP contribution in [0.3, 0.4) is 0 Å². The second-order valence-corrected chi connectivity index (χ2v) is 6.50. The van der Waals surface area contributed by atoms with Gasteiger partial charge in [0.25, 0.3) is 0 Å². The summed E-state index contributed by atoms with van der Waals surface area (Å²) < 4.78 is 6.83. The Morgan fingerprint density at radius 2 is 2.15 bits per heavy atom. The zero-order valence-electron chi connectivity index (χ0n) is 12.4. The summed E-state index contributed by atoms with van der Waals surface area (Å²) in [6, 6.07) is 8.95. The summed E-state index contributed by atoms with van der Waals surface area (Å²) in [4.78, 5) is 2.39. The second kappa shape index (κ2) is 8.13. The van der Waals surface area contributed by atoms with Crippen molar-refractivity contribution in [1.82, 2.24) is 10.2 Å². The quantitative estimate of drug-likeness (QED) is 0.825. The minimum absolute atomic E-state index is 0.511. The van der Waals surface area contributed by atoms with Crippen LogP contribution in [0.4, 0.5) is 0 Å². The summed E-state index contributed by atoms with van der Waals surface area (Å²) in [5, 5.41) is 3.60. The van der Waals surface area contributed by atoms with Gasteiger partial charge in [-0.15, -0.1) is 0 Å². The highest BCUT2D eigenvalue weighted by molar-refractivity contribution is 9.10. The number of ether oxygens (including phenoxy) is 1. The van der Waals surface area contributed by atoms with Gasteiger partial charge in [-0.25, -0.2) is 0 Å². The number of halogens is 1. The van der Waals surface area contributed by atoms with Gasteiger partial charge in [-0.05, 0) is 31.6 Å². The normalized spacial score (nSPS) is 22.6. The van der Waals surface area contributed by atoms with Crippen molar-refractivity contribution in [2.24, 2.45) is 5.92 Å². The molecule has 1 aromatic carbocycles. The molecule has 0 amide bonds. The smallest absolute Gasteiger partial charge is 0.0623 e. The summed E-state index contributed by atoms with van der Waals surface area (Å²) in [6.45, 7) is 7.06. The highest BCUT2D eigenvalue weighted by atomic mass is 79.9. The summed E-state index contributed by atoms with van der Waals surface area (Å²) in [7, 11) is 2.19. The van der Waals surface area contributed by atoms with Crippen molar-refractivity contribution >= 4 is 15.9 Å². The molecule has 4 heteroatoms. The van der Waals surface area contributed by atoms with Crippen molar-refractivity contribution in [2.45, 2.75) is 25.9 Å². The molecule has 0 aromatic heterocycles. The fraction of sp³-hybridized carbons (Fsp3) is 0.625. The van der Waals surface area contributed by atoms with Crippen molar-refractivity contribution in [3.8, 4) is 0 Å². The largest absolute Gasteiger partial charge is 0.379 e. The number of rotatable bonds is 7. The van der Waals surface area contributed by atoms with E-state index in [0.717, 1.165) is 32.8 Å². The number of hydrogen-bond acceptors (Lipinski definition) is 3. The average Bonchev–Trinajstić information content (AvgIpc) is 2.86. The van der Waals surface area contributed by atoms with E-state index in [2.05, 4.69) is 64.4 Å². The Morgan fingerprint density at radius 3 is 2.90 bits per heavy atom. The molecule has 1 aliphatic heterocycles. The molecule has 0 bridgehead atoms. The van der Waals surface area contributed by atoms with Gasteiger partial charge in [0.2, 0.25) is 0 Å². The minimum Gasteiger partial charge on any atom is -0.379 e. The van der Waals surface area contributed by atoms with Gasteiger partial charge < -0.3 is 15.0 Å². The Balaban J connectivity index is 1.84. The van der Waals surface area contributed by atoms with E-state index in [1.807, 2.05) is 0 Å². The van der Waals surface area contributed by atoms with Gasteiger partial charge in [0, 0.05) is 29.5 Å². The van der Waals surface area contributed by atoms with Gasteiger partial charge >= 0.3 is 0 Å². The van der Waals surface area contributed by atoms with E-state index in [-0.39, 0.29) is 0 Å². The Kier molecular flexibility index (Phi) is 6.49. The first kappa shape index (κ1) is 16.0. The molecule has 0 saturated carbocycles. The molecule has 1 N–H and O–H groups in total. The summed E-state index contributed by atoms with van der Waals surface area (Å²) in [5.41, 5.74) is 1.34. The van der Waals surface area contributed by atoms with E-state index in [0.29, 0.717) is 12.0 Å². The maximum atomic E-state index is 5.64. The van der Waals surface area contributed by atoms with Crippen LogP contribution < -0.4 is 5.32 Å². The molecule has 20 heavy (non-hydrogen) atoms. The third-order valence-electron chi connectivity index (χ3n) is 3.80. The Morgan fingerprint density at radius 1 is 1.35 bits per heavy atom. The fourth-order valence-electron chi connectivity index (χ4n) is 2.72. The van der Waals surface area contributed by atoms with Crippen LogP contribution in [0.2, 0.25) is 0 Å². The van der Waals surface area contributed by atoms with Crippen LogP contribution in [0.15, 0.2) is 28.7 Å². The molecule has 1 saturated heterocycles. The van der Waals surface area contributed by atoms with Crippen molar-refractivity contribution in [3.05, 3.63) is 34.3 Å². The van der Waals surface area contributed by atoms with Gasteiger partial charge in [0.1, 0.15) is 0 Å². The molecular formula is C16H25BrN2O. The van der Waals surface area contributed by atoms with Crippen LogP contribution in [-0.2, 0) is 11.3 Å². The van der Waals surface area contributed by atoms with Crippen molar-refractivity contribution in [3.63, 3.8) is 0 Å². The van der Waals surface area contributed by atoms with Crippen molar-refractivity contribution in [2.75, 3.05) is 33.4 Å². The van der Waals surface area contributed by atoms with Crippen LogP contribution in [-0.4, -0.2) is 44.3 Å². The molecule has 0 radical (unpaired) electrons. The Labute approximate surface area is 130 Å². The molecule has 1 fully saturated rings. The van der Waals surface area contributed by atoms with Gasteiger partial charge in [0.15, 0.2) is 0 Å². The maximum absolute atomic E-state index is 5.64. The molecule has 1 heterocycles. The lowest BCUT2D eigenvalue weighted by Crippen LogP contribution is -2.41.